The van der Waals surface area contributed by atoms with Crippen LogP contribution in [-0.4, -0.2) is 29.2 Å². The number of hydrogen-bond acceptors (Lipinski definition) is 4. The number of rotatable bonds is 5. The minimum absolute atomic E-state index is 0.0176. The van der Waals surface area contributed by atoms with Gasteiger partial charge in [-0.15, -0.1) is 0 Å². The first-order valence-electron chi connectivity index (χ1n) is 7.26. The molecule has 2 aromatic rings. The highest BCUT2D eigenvalue weighted by Crippen LogP contribution is 2.24. The fraction of sp³-hybridized carbons (Fsp3) is 0.412. The van der Waals surface area contributed by atoms with Crippen molar-refractivity contribution >= 4 is 26.4 Å². The van der Waals surface area contributed by atoms with Crippen molar-refractivity contribution in [1.82, 2.24) is 4.98 Å². The van der Waals surface area contributed by atoms with Crippen molar-refractivity contribution in [3.8, 4) is 0 Å². The number of fused-ring (bicyclic) bond motifs is 1. The Kier molecular flexibility index (Phi) is 4.38. The molecule has 1 aromatic heterocycles. The monoisotopic (exact) mass is 319 g/mol. The lowest BCUT2D eigenvalue weighted by Crippen LogP contribution is -2.45. The summed E-state index contributed by atoms with van der Waals surface area (Å²) < 4.78 is 23.3. The van der Waals surface area contributed by atoms with E-state index < -0.39 is 19.8 Å². The molecular weight excluding hydrogens is 298 g/mol. The van der Waals surface area contributed by atoms with E-state index in [0.29, 0.717) is 5.69 Å². The van der Waals surface area contributed by atoms with E-state index in [1.165, 1.54) is 13.8 Å². The largest absolute Gasteiger partial charge is 0.298 e. The number of benzene rings is 1. The predicted octanol–water partition coefficient (Wildman–Crippen LogP) is 2.95. The zero-order valence-corrected chi connectivity index (χ0v) is 14.1. The fourth-order valence-corrected chi connectivity index (χ4v) is 3.92. The second-order valence-electron chi connectivity index (χ2n) is 6.23. The van der Waals surface area contributed by atoms with E-state index in [9.17, 15) is 13.2 Å². The van der Waals surface area contributed by atoms with Gasteiger partial charge in [0.2, 0.25) is 0 Å². The Balaban J connectivity index is 2.30. The van der Waals surface area contributed by atoms with E-state index in [2.05, 4.69) is 4.98 Å². The van der Waals surface area contributed by atoms with Gasteiger partial charge < -0.3 is 0 Å². The molecule has 0 amide bonds. The number of hydrogen-bond donors (Lipinski definition) is 0. The van der Waals surface area contributed by atoms with E-state index in [0.717, 1.165) is 10.8 Å². The molecule has 1 heterocycles. The maximum Gasteiger partial charge on any atom is 0.164 e. The second-order valence-corrected chi connectivity index (χ2v) is 9.28. The summed E-state index contributed by atoms with van der Waals surface area (Å²) in [6, 6.07) is 9.57. The summed E-state index contributed by atoms with van der Waals surface area (Å²) in [7, 11) is -3.52. The molecule has 0 aliphatic carbocycles. The fourth-order valence-electron chi connectivity index (χ4n) is 2.35. The molecule has 0 saturated heterocycles. The summed E-state index contributed by atoms with van der Waals surface area (Å²) in [4.78, 5) is 16.8. The van der Waals surface area contributed by atoms with E-state index in [4.69, 9.17) is 0 Å². The van der Waals surface area contributed by atoms with Gasteiger partial charge in [-0.25, -0.2) is 8.42 Å². The molecule has 4 nitrogen and oxygen atoms in total. The molecule has 0 aliphatic rings. The van der Waals surface area contributed by atoms with Crippen LogP contribution in [0.25, 0.3) is 10.8 Å². The SMILES string of the molecule is CC(C)S(=O)(=O)C(C)(C)C(=O)Cc1cc2ccccc2cn1. The number of carbonyl (C=O) groups is 1. The maximum atomic E-state index is 12.5. The van der Waals surface area contributed by atoms with Crippen LogP contribution in [0.4, 0.5) is 0 Å². The highest BCUT2D eigenvalue weighted by molar-refractivity contribution is 7.94. The van der Waals surface area contributed by atoms with Crippen molar-refractivity contribution in [3.05, 3.63) is 42.2 Å². The van der Waals surface area contributed by atoms with E-state index >= 15 is 0 Å². The van der Waals surface area contributed by atoms with Crippen LogP contribution < -0.4 is 0 Å². The van der Waals surface area contributed by atoms with Crippen molar-refractivity contribution in [2.45, 2.75) is 44.1 Å². The van der Waals surface area contributed by atoms with Crippen LogP contribution in [-0.2, 0) is 21.1 Å². The van der Waals surface area contributed by atoms with E-state index in [-0.39, 0.29) is 12.2 Å². The second kappa shape index (κ2) is 5.80. The maximum absolute atomic E-state index is 12.5. The number of carbonyl (C=O) groups excluding carboxylic acids is 1. The summed E-state index contributed by atoms with van der Waals surface area (Å²) in [6.45, 7) is 6.15. The van der Waals surface area contributed by atoms with Gasteiger partial charge in [-0.2, -0.15) is 0 Å². The molecule has 22 heavy (non-hydrogen) atoms. The Bertz CT molecular complexity index is 808. The van der Waals surface area contributed by atoms with E-state index in [1.54, 1.807) is 20.0 Å². The third-order valence-corrected chi connectivity index (χ3v) is 6.92. The third-order valence-electron chi connectivity index (χ3n) is 4.03. The van der Waals surface area contributed by atoms with Gasteiger partial charge in [0, 0.05) is 17.3 Å². The van der Waals surface area contributed by atoms with Crippen LogP contribution in [0, 0.1) is 0 Å². The molecule has 0 fully saturated rings. The number of Topliss-reactive ketones (excluding diaryl/α,β-unsaturated/α-hetero) is 1. The molecule has 5 heteroatoms. The number of sulfone groups is 1. The molecule has 0 N–H and O–H groups in total. The molecule has 0 bridgehead atoms. The van der Waals surface area contributed by atoms with Crippen molar-refractivity contribution in [2.24, 2.45) is 0 Å². The molecule has 0 aliphatic heterocycles. The van der Waals surface area contributed by atoms with E-state index in [1.807, 2.05) is 30.3 Å². The first-order valence-corrected chi connectivity index (χ1v) is 8.81. The van der Waals surface area contributed by atoms with Gasteiger partial charge >= 0.3 is 0 Å². The van der Waals surface area contributed by atoms with Crippen LogP contribution in [0.3, 0.4) is 0 Å². The third kappa shape index (κ3) is 2.90. The lowest BCUT2D eigenvalue weighted by Gasteiger charge is -2.25. The molecule has 1 aromatic carbocycles. The summed E-state index contributed by atoms with van der Waals surface area (Å²) in [5.41, 5.74) is 0.593. The molecule has 0 spiro atoms. The minimum Gasteiger partial charge on any atom is -0.298 e. The number of aromatic nitrogens is 1. The van der Waals surface area contributed by atoms with Crippen LogP contribution in [0.1, 0.15) is 33.4 Å². The number of pyridine rings is 1. The average molecular weight is 319 g/mol. The number of nitrogens with zero attached hydrogens (tertiary/aromatic N) is 1. The Morgan fingerprint density at radius 2 is 1.77 bits per heavy atom. The first-order chi connectivity index (χ1) is 10.2. The molecule has 118 valence electrons. The predicted molar refractivity (Wildman–Crippen MR) is 88.6 cm³/mol. The summed E-state index contributed by atoms with van der Waals surface area (Å²) in [5, 5.41) is 1.40. The van der Waals surface area contributed by atoms with Gasteiger partial charge in [-0.1, -0.05) is 24.3 Å². The van der Waals surface area contributed by atoms with Crippen LogP contribution in [0.15, 0.2) is 36.5 Å². The summed E-state index contributed by atoms with van der Waals surface area (Å²) in [5.74, 6) is -0.330. The van der Waals surface area contributed by atoms with Crippen molar-refractivity contribution < 1.29 is 13.2 Å². The Morgan fingerprint density at radius 3 is 2.36 bits per heavy atom. The molecule has 0 atom stereocenters. The Labute approximate surface area is 131 Å². The summed E-state index contributed by atoms with van der Waals surface area (Å²) >= 11 is 0. The standard InChI is InChI=1S/C17H21NO3S/c1-12(2)22(20,21)17(3,4)16(19)10-15-9-13-7-5-6-8-14(13)11-18-15/h5-9,11-12H,10H2,1-4H3. The lowest BCUT2D eigenvalue weighted by molar-refractivity contribution is -0.120. The average Bonchev–Trinajstić information content (AvgIpc) is 2.46. The van der Waals surface area contributed by atoms with Gasteiger partial charge in [0.25, 0.3) is 0 Å². The summed E-state index contributed by atoms with van der Waals surface area (Å²) in [6.07, 6.45) is 1.73. The topological polar surface area (TPSA) is 64.1 Å². The number of ketones is 1. The normalized spacial score (nSPS) is 12.8. The minimum atomic E-state index is -3.52. The van der Waals surface area contributed by atoms with Crippen LogP contribution in [0.5, 0.6) is 0 Å². The van der Waals surface area contributed by atoms with Crippen LogP contribution in [0.2, 0.25) is 0 Å². The van der Waals surface area contributed by atoms with Gasteiger partial charge in [0.15, 0.2) is 15.6 Å². The first kappa shape index (κ1) is 16.6. The zero-order valence-electron chi connectivity index (χ0n) is 13.3. The van der Waals surface area contributed by atoms with Crippen LogP contribution >= 0.6 is 0 Å². The highest BCUT2D eigenvalue weighted by Gasteiger charge is 2.42. The molecule has 2 rings (SSSR count). The van der Waals surface area contributed by atoms with Crippen molar-refractivity contribution in [2.75, 3.05) is 0 Å². The molecule has 0 unspecified atom stereocenters. The molecular formula is C17H21NO3S. The van der Waals surface area contributed by atoms with Gasteiger partial charge in [-0.05, 0) is 39.1 Å². The van der Waals surface area contributed by atoms with Gasteiger partial charge in [0.1, 0.15) is 4.75 Å². The molecule has 0 saturated carbocycles. The Hall–Kier alpha value is -1.75. The van der Waals surface area contributed by atoms with Crippen molar-refractivity contribution in [1.29, 1.82) is 0 Å². The quantitative estimate of drug-likeness (QED) is 0.850. The smallest absolute Gasteiger partial charge is 0.164 e. The zero-order chi connectivity index (χ0) is 16.5. The molecule has 0 radical (unpaired) electrons. The Morgan fingerprint density at radius 1 is 1.18 bits per heavy atom. The lowest BCUT2D eigenvalue weighted by atomic mass is 10.0. The van der Waals surface area contributed by atoms with Gasteiger partial charge in [-0.3, -0.25) is 9.78 Å². The van der Waals surface area contributed by atoms with Crippen molar-refractivity contribution in [3.63, 3.8) is 0 Å². The highest BCUT2D eigenvalue weighted by atomic mass is 32.2. The van der Waals surface area contributed by atoms with Gasteiger partial charge in [0.05, 0.1) is 11.7 Å².